The van der Waals surface area contributed by atoms with Gasteiger partial charge in [-0.2, -0.15) is 0 Å². The molecule has 0 saturated heterocycles. The van der Waals surface area contributed by atoms with Crippen LogP contribution in [0, 0.1) is 5.92 Å². The highest BCUT2D eigenvalue weighted by atomic mass is 15.0. The van der Waals surface area contributed by atoms with Gasteiger partial charge in [0, 0.05) is 17.0 Å². The summed E-state index contributed by atoms with van der Waals surface area (Å²) in [5, 5.41) is 2.29. The van der Waals surface area contributed by atoms with Crippen molar-refractivity contribution >= 4 is 16.3 Å². The molecule has 1 unspecified atom stereocenters. The van der Waals surface area contributed by atoms with Crippen LogP contribution < -0.4 is 0 Å². The maximum Gasteiger partial charge on any atom is 0.165 e. The largest absolute Gasteiger partial charge is 0.209 e. The van der Waals surface area contributed by atoms with Gasteiger partial charge in [-0.05, 0) is 39.5 Å². The molecule has 2 aliphatic rings. The Kier molecular flexibility index (Phi) is 5.60. The highest BCUT2D eigenvalue weighted by Crippen LogP contribution is 2.39. The number of aromatic nitrogens is 3. The van der Waals surface area contributed by atoms with Gasteiger partial charge < -0.3 is 0 Å². The molecule has 3 nitrogen and oxygen atoms in total. The lowest BCUT2D eigenvalue weighted by Crippen LogP contribution is -2.10. The minimum absolute atomic E-state index is 0.345. The van der Waals surface area contributed by atoms with Gasteiger partial charge in [0.15, 0.2) is 17.5 Å². The van der Waals surface area contributed by atoms with E-state index in [-0.39, 0.29) is 0 Å². The van der Waals surface area contributed by atoms with Crippen molar-refractivity contribution in [1.82, 2.24) is 15.0 Å². The minimum Gasteiger partial charge on any atom is -0.209 e. The van der Waals surface area contributed by atoms with E-state index in [0.717, 1.165) is 50.8 Å². The molecule has 5 aromatic rings. The first kappa shape index (κ1) is 22.3. The molecule has 0 spiro atoms. The summed E-state index contributed by atoms with van der Waals surface area (Å²) in [4.78, 5) is 15.3. The number of allylic oxidation sites excluding steroid dienone is 8. The fourth-order valence-electron chi connectivity index (χ4n) is 5.35. The normalized spacial score (nSPS) is 16.2. The first-order valence-electron chi connectivity index (χ1n) is 13.0. The van der Waals surface area contributed by atoms with Crippen LogP contribution in [0.2, 0.25) is 0 Å². The molecular formula is C35H25N3. The molecule has 1 heterocycles. The van der Waals surface area contributed by atoms with Gasteiger partial charge in [0.2, 0.25) is 0 Å². The van der Waals surface area contributed by atoms with E-state index in [0.29, 0.717) is 17.6 Å². The second kappa shape index (κ2) is 9.53. The van der Waals surface area contributed by atoms with E-state index < -0.39 is 0 Å². The molecule has 180 valence electrons. The first-order valence-corrected chi connectivity index (χ1v) is 13.0. The SMILES string of the molecule is C1=CC2=CC=C(c3nc(-c4ccccc4)nc(-c4c(-c5ccccc5)ccc5ccccc45)n3)CC2C=C1. The summed E-state index contributed by atoms with van der Waals surface area (Å²) in [7, 11) is 0. The molecular weight excluding hydrogens is 462 g/mol. The molecule has 0 saturated carbocycles. The zero-order valence-electron chi connectivity index (χ0n) is 20.8. The number of nitrogens with zero attached hydrogens (tertiary/aromatic N) is 3. The maximum atomic E-state index is 5.16. The summed E-state index contributed by atoms with van der Waals surface area (Å²) in [6, 6.07) is 33.5. The highest BCUT2D eigenvalue weighted by Gasteiger charge is 2.22. The first-order chi connectivity index (χ1) is 18.8. The van der Waals surface area contributed by atoms with E-state index in [4.69, 9.17) is 15.0 Å². The molecule has 0 aliphatic heterocycles. The van der Waals surface area contributed by atoms with Crippen molar-refractivity contribution in [1.29, 1.82) is 0 Å². The maximum absolute atomic E-state index is 5.16. The highest BCUT2D eigenvalue weighted by molar-refractivity contribution is 6.02. The number of hydrogen-bond acceptors (Lipinski definition) is 3. The molecule has 3 heteroatoms. The predicted molar refractivity (Wildman–Crippen MR) is 156 cm³/mol. The van der Waals surface area contributed by atoms with Crippen molar-refractivity contribution in [2.24, 2.45) is 5.92 Å². The minimum atomic E-state index is 0.345. The average molecular weight is 488 g/mol. The Hall–Kier alpha value is -4.89. The molecule has 1 atom stereocenters. The molecule has 2 aliphatic carbocycles. The van der Waals surface area contributed by atoms with Crippen molar-refractivity contribution in [3.63, 3.8) is 0 Å². The van der Waals surface area contributed by atoms with Gasteiger partial charge in [-0.3, -0.25) is 0 Å². The van der Waals surface area contributed by atoms with Crippen molar-refractivity contribution in [2.75, 3.05) is 0 Å². The molecule has 0 fully saturated rings. The number of fused-ring (bicyclic) bond motifs is 2. The van der Waals surface area contributed by atoms with Gasteiger partial charge in [-0.1, -0.05) is 134 Å². The summed E-state index contributed by atoms with van der Waals surface area (Å²) >= 11 is 0. The Labute approximate surface area is 222 Å². The van der Waals surface area contributed by atoms with Crippen LogP contribution in [0.25, 0.3) is 50.2 Å². The number of hydrogen-bond donors (Lipinski definition) is 0. The van der Waals surface area contributed by atoms with Gasteiger partial charge in [0.05, 0.1) is 0 Å². The van der Waals surface area contributed by atoms with Crippen LogP contribution in [-0.4, -0.2) is 15.0 Å². The van der Waals surface area contributed by atoms with E-state index in [1.807, 2.05) is 24.3 Å². The third-order valence-electron chi connectivity index (χ3n) is 7.28. The van der Waals surface area contributed by atoms with Crippen LogP contribution in [-0.2, 0) is 0 Å². The molecule has 4 aromatic carbocycles. The van der Waals surface area contributed by atoms with Crippen LogP contribution in [0.1, 0.15) is 12.2 Å². The standard InChI is InChI=1S/C35H25N3/c1-3-12-25(13-4-1)31-22-21-26-14-9-10-18-30(26)32(31)35-37-33(27-15-5-2-6-16-27)36-34(38-35)29-20-19-24-11-7-8-17-28(24)23-29/h1-22,28H,23H2. The second-order valence-corrected chi connectivity index (χ2v) is 9.66. The predicted octanol–water partition coefficient (Wildman–Crippen LogP) is 8.48. The summed E-state index contributed by atoms with van der Waals surface area (Å²) in [5.41, 5.74) is 6.71. The summed E-state index contributed by atoms with van der Waals surface area (Å²) in [5.74, 6) is 2.46. The molecule has 0 amide bonds. The zero-order chi connectivity index (χ0) is 25.3. The zero-order valence-corrected chi connectivity index (χ0v) is 20.8. The topological polar surface area (TPSA) is 38.7 Å². The van der Waals surface area contributed by atoms with Crippen molar-refractivity contribution < 1.29 is 0 Å². The second-order valence-electron chi connectivity index (χ2n) is 9.66. The third-order valence-corrected chi connectivity index (χ3v) is 7.28. The van der Waals surface area contributed by atoms with Crippen molar-refractivity contribution in [3.8, 4) is 33.9 Å². The van der Waals surface area contributed by atoms with E-state index >= 15 is 0 Å². The van der Waals surface area contributed by atoms with E-state index in [1.165, 1.54) is 5.57 Å². The fourth-order valence-corrected chi connectivity index (χ4v) is 5.35. The van der Waals surface area contributed by atoms with Crippen molar-refractivity contribution in [2.45, 2.75) is 6.42 Å². The Morgan fingerprint density at radius 1 is 0.579 bits per heavy atom. The van der Waals surface area contributed by atoms with E-state index in [1.54, 1.807) is 0 Å². The van der Waals surface area contributed by atoms with Crippen LogP contribution in [0.4, 0.5) is 0 Å². The quantitative estimate of drug-likeness (QED) is 0.255. The van der Waals surface area contributed by atoms with Crippen molar-refractivity contribution in [3.05, 3.63) is 145 Å². The van der Waals surface area contributed by atoms with Gasteiger partial charge >= 0.3 is 0 Å². The Morgan fingerprint density at radius 2 is 1.29 bits per heavy atom. The van der Waals surface area contributed by atoms with Crippen LogP contribution >= 0.6 is 0 Å². The molecule has 7 rings (SSSR count). The van der Waals surface area contributed by atoms with Gasteiger partial charge in [0.1, 0.15) is 0 Å². The van der Waals surface area contributed by atoms with Crippen LogP contribution in [0.5, 0.6) is 0 Å². The lowest BCUT2D eigenvalue weighted by molar-refractivity contribution is 0.784. The summed E-state index contributed by atoms with van der Waals surface area (Å²) in [6.45, 7) is 0. The number of benzene rings is 4. The monoisotopic (exact) mass is 487 g/mol. The summed E-state index contributed by atoms with van der Waals surface area (Å²) in [6.07, 6.45) is 13.9. The van der Waals surface area contributed by atoms with Gasteiger partial charge in [0.25, 0.3) is 0 Å². The molecule has 0 bridgehead atoms. The van der Waals surface area contributed by atoms with E-state index in [9.17, 15) is 0 Å². The Bertz CT molecular complexity index is 1780. The van der Waals surface area contributed by atoms with Crippen LogP contribution in [0.15, 0.2) is 139 Å². The average Bonchev–Trinajstić information content (AvgIpc) is 3.01. The van der Waals surface area contributed by atoms with Crippen LogP contribution in [0.3, 0.4) is 0 Å². The smallest absolute Gasteiger partial charge is 0.165 e. The summed E-state index contributed by atoms with van der Waals surface area (Å²) < 4.78 is 0. The number of rotatable bonds is 4. The third kappa shape index (κ3) is 4.08. The fraction of sp³-hybridized carbons (Fsp3) is 0.0571. The lowest BCUT2D eigenvalue weighted by atomic mass is 9.84. The van der Waals surface area contributed by atoms with Gasteiger partial charge in [-0.25, -0.2) is 15.0 Å². The lowest BCUT2D eigenvalue weighted by Gasteiger charge is -2.22. The molecule has 38 heavy (non-hydrogen) atoms. The molecule has 0 radical (unpaired) electrons. The molecule has 1 aromatic heterocycles. The molecule has 0 N–H and O–H groups in total. The van der Waals surface area contributed by atoms with E-state index in [2.05, 4.69) is 109 Å². The van der Waals surface area contributed by atoms with Gasteiger partial charge in [-0.15, -0.1) is 0 Å². The Morgan fingerprint density at radius 3 is 2.13 bits per heavy atom. The Balaban J connectivity index is 1.49.